The largest absolute Gasteiger partial charge is 0.457 e. The van der Waals surface area contributed by atoms with Crippen LogP contribution in [0.2, 0.25) is 10.0 Å². The van der Waals surface area contributed by atoms with Crippen molar-refractivity contribution in [3.05, 3.63) is 56.4 Å². The Morgan fingerprint density at radius 2 is 1.95 bits per heavy atom. The second-order valence-electron chi connectivity index (χ2n) is 4.56. The van der Waals surface area contributed by atoms with Gasteiger partial charge in [-0.3, -0.25) is 0 Å². The van der Waals surface area contributed by atoms with Gasteiger partial charge < -0.3 is 9.73 Å². The van der Waals surface area contributed by atoms with Crippen LogP contribution >= 0.6 is 39.1 Å². The summed E-state index contributed by atoms with van der Waals surface area (Å²) in [6, 6.07) is 7.66. The molecular formula is C15H16BrCl2NO. The molecule has 20 heavy (non-hydrogen) atoms. The molecule has 0 aliphatic carbocycles. The molecule has 5 heteroatoms. The van der Waals surface area contributed by atoms with Crippen LogP contribution in [0.1, 0.15) is 30.5 Å². The zero-order valence-electron chi connectivity index (χ0n) is 11.1. The van der Waals surface area contributed by atoms with Crippen molar-refractivity contribution in [2.45, 2.75) is 25.8 Å². The van der Waals surface area contributed by atoms with Crippen molar-refractivity contribution in [3.63, 3.8) is 0 Å². The van der Waals surface area contributed by atoms with Gasteiger partial charge in [0.2, 0.25) is 0 Å². The van der Waals surface area contributed by atoms with Gasteiger partial charge in [0.05, 0.1) is 6.26 Å². The van der Waals surface area contributed by atoms with Gasteiger partial charge in [-0.2, -0.15) is 0 Å². The molecule has 0 amide bonds. The molecule has 0 aliphatic heterocycles. The fraction of sp³-hybridized carbons (Fsp3) is 0.333. The van der Waals surface area contributed by atoms with E-state index in [9.17, 15) is 0 Å². The minimum Gasteiger partial charge on any atom is -0.457 e. The van der Waals surface area contributed by atoms with Crippen LogP contribution < -0.4 is 5.32 Å². The van der Waals surface area contributed by atoms with Gasteiger partial charge in [0.1, 0.15) is 0 Å². The number of rotatable bonds is 6. The molecule has 1 unspecified atom stereocenters. The first-order chi connectivity index (χ1) is 9.63. The van der Waals surface area contributed by atoms with Crippen LogP contribution in [0, 0.1) is 0 Å². The predicted octanol–water partition coefficient (Wildman–Crippen LogP) is 5.63. The van der Waals surface area contributed by atoms with Crippen molar-refractivity contribution in [1.82, 2.24) is 5.32 Å². The molecule has 1 aromatic carbocycles. The molecule has 2 rings (SSSR count). The number of hydrogen-bond acceptors (Lipinski definition) is 2. The van der Waals surface area contributed by atoms with Gasteiger partial charge in [0.15, 0.2) is 4.67 Å². The summed E-state index contributed by atoms with van der Waals surface area (Å²) in [5, 5.41) is 4.90. The smallest absolute Gasteiger partial charge is 0.173 e. The quantitative estimate of drug-likeness (QED) is 0.706. The Labute approximate surface area is 137 Å². The molecule has 1 aromatic heterocycles. The van der Waals surface area contributed by atoms with E-state index < -0.39 is 0 Å². The van der Waals surface area contributed by atoms with Crippen LogP contribution in [0.25, 0.3) is 0 Å². The average Bonchev–Trinajstić information content (AvgIpc) is 2.84. The fourth-order valence-electron chi connectivity index (χ4n) is 2.10. The first-order valence-electron chi connectivity index (χ1n) is 6.52. The Balaban J connectivity index is 2.26. The molecular weight excluding hydrogens is 361 g/mol. The van der Waals surface area contributed by atoms with E-state index in [0.29, 0.717) is 10.0 Å². The van der Waals surface area contributed by atoms with Crippen molar-refractivity contribution >= 4 is 39.1 Å². The minimum atomic E-state index is 0.112. The Morgan fingerprint density at radius 1 is 1.25 bits per heavy atom. The Morgan fingerprint density at radius 3 is 2.50 bits per heavy atom. The van der Waals surface area contributed by atoms with E-state index in [1.54, 1.807) is 6.26 Å². The van der Waals surface area contributed by atoms with E-state index >= 15 is 0 Å². The standard InChI is InChI=1S/C15H16BrCl2NO/c1-2-7-19-14(10-6-8-20-15(10)16)9-11-12(17)4-3-5-13(11)18/h3-6,8,14,19H,2,7,9H2,1H3. The van der Waals surface area contributed by atoms with E-state index in [1.165, 1.54) is 0 Å². The monoisotopic (exact) mass is 375 g/mol. The van der Waals surface area contributed by atoms with Gasteiger partial charge in [-0.05, 0) is 59.1 Å². The predicted molar refractivity (Wildman–Crippen MR) is 87.6 cm³/mol. The van der Waals surface area contributed by atoms with Gasteiger partial charge >= 0.3 is 0 Å². The molecule has 1 heterocycles. The maximum atomic E-state index is 6.26. The lowest BCUT2D eigenvalue weighted by atomic mass is 10.0. The van der Waals surface area contributed by atoms with Gasteiger partial charge in [0, 0.05) is 21.7 Å². The van der Waals surface area contributed by atoms with Crippen LogP contribution in [0.3, 0.4) is 0 Å². The van der Waals surface area contributed by atoms with Crippen LogP contribution in [-0.4, -0.2) is 6.54 Å². The SMILES string of the molecule is CCCNC(Cc1c(Cl)cccc1Cl)c1ccoc1Br. The number of hydrogen-bond donors (Lipinski definition) is 1. The van der Waals surface area contributed by atoms with E-state index in [2.05, 4.69) is 28.2 Å². The highest BCUT2D eigenvalue weighted by molar-refractivity contribution is 9.10. The first kappa shape index (κ1) is 15.9. The Bertz CT molecular complexity index is 551. The lowest BCUT2D eigenvalue weighted by Gasteiger charge is -2.19. The summed E-state index contributed by atoms with van der Waals surface area (Å²) < 4.78 is 6.08. The molecule has 2 aromatic rings. The van der Waals surface area contributed by atoms with E-state index in [-0.39, 0.29) is 6.04 Å². The molecule has 0 saturated carbocycles. The van der Waals surface area contributed by atoms with Crippen molar-refractivity contribution in [2.75, 3.05) is 6.54 Å². The van der Waals surface area contributed by atoms with E-state index in [4.69, 9.17) is 27.6 Å². The van der Waals surface area contributed by atoms with Crippen LogP contribution in [-0.2, 0) is 6.42 Å². The highest BCUT2D eigenvalue weighted by Gasteiger charge is 2.19. The van der Waals surface area contributed by atoms with Gasteiger partial charge in [0.25, 0.3) is 0 Å². The Kier molecular flexibility index (Phi) is 5.97. The van der Waals surface area contributed by atoms with Gasteiger partial charge in [-0.1, -0.05) is 36.2 Å². The number of furan rings is 1. The maximum absolute atomic E-state index is 6.26. The molecule has 0 spiro atoms. The van der Waals surface area contributed by atoms with E-state index in [0.717, 1.165) is 35.2 Å². The molecule has 0 aliphatic rings. The highest BCUT2D eigenvalue weighted by atomic mass is 79.9. The van der Waals surface area contributed by atoms with Crippen LogP contribution in [0.4, 0.5) is 0 Å². The van der Waals surface area contributed by atoms with Gasteiger partial charge in [-0.15, -0.1) is 0 Å². The lowest BCUT2D eigenvalue weighted by Crippen LogP contribution is -2.24. The van der Waals surface area contributed by atoms with Crippen molar-refractivity contribution in [3.8, 4) is 0 Å². The number of benzene rings is 1. The summed E-state index contributed by atoms with van der Waals surface area (Å²) in [4.78, 5) is 0. The molecule has 1 atom stereocenters. The molecule has 0 radical (unpaired) electrons. The maximum Gasteiger partial charge on any atom is 0.173 e. The zero-order chi connectivity index (χ0) is 14.5. The van der Waals surface area contributed by atoms with Crippen LogP contribution in [0.15, 0.2) is 39.6 Å². The summed E-state index contributed by atoms with van der Waals surface area (Å²) in [7, 11) is 0. The second-order valence-corrected chi connectivity index (χ2v) is 6.10. The third-order valence-corrected chi connectivity index (χ3v) is 4.49. The summed E-state index contributed by atoms with van der Waals surface area (Å²) in [5.41, 5.74) is 2.03. The van der Waals surface area contributed by atoms with Crippen molar-refractivity contribution in [2.24, 2.45) is 0 Å². The second kappa shape index (κ2) is 7.51. The Hall–Kier alpha value is -0.480. The minimum absolute atomic E-state index is 0.112. The molecule has 0 fully saturated rings. The number of halogens is 3. The van der Waals surface area contributed by atoms with Crippen LogP contribution in [0.5, 0.6) is 0 Å². The van der Waals surface area contributed by atoms with Crippen molar-refractivity contribution in [1.29, 1.82) is 0 Å². The molecule has 1 N–H and O–H groups in total. The third-order valence-electron chi connectivity index (χ3n) is 3.13. The lowest BCUT2D eigenvalue weighted by molar-refractivity contribution is 0.498. The van der Waals surface area contributed by atoms with Crippen molar-refractivity contribution < 1.29 is 4.42 Å². The number of nitrogens with one attached hydrogen (secondary N) is 1. The summed E-state index contributed by atoms with van der Waals surface area (Å²) in [6.07, 6.45) is 3.45. The average molecular weight is 377 g/mol. The first-order valence-corrected chi connectivity index (χ1v) is 8.07. The summed E-state index contributed by atoms with van der Waals surface area (Å²) >= 11 is 16.0. The molecule has 2 nitrogen and oxygen atoms in total. The van der Waals surface area contributed by atoms with Gasteiger partial charge in [-0.25, -0.2) is 0 Å². The fourth-order valence-corrected chi connectivity index (χ4v) is 3.16. The zero-order valence-corrected chi connectivity index (χ0v) is 14.2. The summed E-state index contributed by atoms with van der Waals surface area (Å²) in [6.45, 7) is 3.06. The molecule has 0 bridgehead atoms. The third kappa shape index (κ3) is 3.79. The van der Waals surface area contributed by atoms with E-state index in [1.807, 2.05) is 24.3 Å². The summed E-state index contributed by atoms with van der Waals surface area (Å²) in [5.74, 6) is 0. The molecule has 108 valence electrons. The molecule has 0 saturated heterocycles. The highest BCUT2D eigenvalue weighted by Crippen LogP contribution is 2.32. The normalized spacial score (nSPS) is 12.6. The topological polar surface area (TPSA) is 25.2 Å².